The van der Waals surface area contributed by atoms with E-state index in [0.717, 1.165) is 11.1 Å². The molecule has 0 saturated heterocycles. The third kappa shape index (κ3) is 4.55. The molecule has 3 aromatic carbocycles. The number of halogens is 1. The number of aryl methyl sites for hydroxylation is 1. The Morgan fingerprint density at radius 2 is 1.50 bits per heavy atom. The molecule has 0 unspecified atom stereocenters. The van der Waals surface area contributed by atoms with E-state index in [4.69, 9.17) is 4.18 Å². The maximum absolute atomic E-state index is 12.9. The number of benzene rings is 3. The van der Waals surface area contributed by atoms with Crippen LogP contribution in [0, 0.1) is 12.7 Å². The number of rotatable bonds is 5. The smallest absolute Gasteiger partial charge is 0.339 e. The lowest BCUT2D eigenvalue weighted by Gasteiger charge is -2.07. The standard InChI is InChI=1S/C20H16FNO3S/c1-15-2-12-20(13-3-15)26(23,24)25-19-10-4-16(5-11-19)14-22-18-8-6-17(21)7-9-18/h2-14H,1H3. The molecule has 0 aliphatic rings. The van der Waals surface area contributed by atoms with Crippen LogP contribution < -0.4 is 4.18 Å². The van der Waals surface area contributed by atoms with Crippen LogP contribution in [0.25, 0.3) is 0 Å². The van der Waals surface area contributed by atoms with Crippen LogP contribution in [0.1, 0.15) is 11.1 Å². The van der Waals surface area contributed by atoms with Gasteiger partial charge in [0.05, 0.1) is 5.69 Å². The maximum atomic E-state index is 12.9. The molecule has 26 heavy (non-hydrogen) atoms. The predicted octanol–water partition coefficient (Wildman–Crippen LogP) is 4.65. The summed E-state index contributed by atoms with van der Waals surface area (Å²) in [7, 11) is -3.87. The Morgan fingerprint density at radius 3 is 2.12 bits per heavy atom. The summed E-state index contributed by atoms with van der Waals surface area (Å²) >= 11 is 0. The van der Waals surface area contributed by atoms with Crippen molar-refractivity contribution in [3.05, 3.63) is 89.7 Å². The molecule has 0 atom stereocenters. The summed E-state index contributed by atoms with van der Waals surface area (Å²) in [5.41, 5.74) is 2.34. The van der Waals surface area contributed by atoms with Crippen LogP contribution in [0.3, 0.4) is 0 Å². The largest absolute Gasteiger partial charge is 0.379 e. The second kappa shape index (κ2) is 7.49. The van der Waals surface area contributed by atoms with Gasteiger partial charge in [0.15, 0.2) is 0 Å². The van der Waals surface area contributed by atoms with E-state index in [1.807, 2.05) is 6.92 Å². The van der Waals surface area contributed by atoms with Crippen molar-refractivity contribution in [2.24, 2.45) is 4.99 Å². The lowest BCUT2D eigenvalue weighted by atomic mass is 10.2. The zero-order valence-corrected chi connectivity index (χ0v) is 14.8. The van der Waals surface area contributed by atoms with Crippen molar-refractivity contribution >= 4 is 22.0 Å². The van der Waals surface area contributed by atoms with Gasteiger partial charge in [0.25, 0.3) is 0 Å². The van der Waals surface area contributed by atoms with Crippen LogP contribution in [-0.4, -0.2) is 14.6 Å². The first kappa shape index (κ1) is 17.8. The van der Waals surface area contributed by atoms with Gasteiger partial charge in [0.2, 0.25) is 0 Å². The molecule has 4 nitrogen and oxygen atoms in total. The average molecular weight is 369 g/mol. The Hall–Kier alpha value is -2.99. The van der Waals surface area contributed by atoms with Crippen LogP contribution >= 0.6 is 0 Å². The SMILES string of the molecule is Cc1ccc(S(=O)(=O)Oc2ccc(C=Nc3ccc(F)cc3)cc2)cc1. The normalized spacial score (nSPS) is 11.6. The highest BCUT2D eigenvalue weighted by molar-refractivity contribution is 7.87. The molecule has 0 amide bonds. The van der Waals surface area contributed by atoms with Gasteiger partial charge in [-0.3, -0.25) is 4.99 Å². The molecule has 0 N–H and O–H groups in total. The lowest BCUT2D eigenvalue weighted by Crippen LogP contribution is -2.09. The molecule has 6 heteroatoms. The molecule has 0 spiro atoms. The molecule has 0 aromatic heterocycles. The molecule has 0 aliphatic carbocycles. The minimum absolute atomic E-state index is 0.102. The van der Waals surface area contributed by atoms with Crippen LogP contribution in [0.4, 0.5) is 10.1 Å². The maximum Gasteiger partial charge on any atom is 0.339 e. The summed E-state index contributed by atoms with van der Waals surface area (Å²) in [6.45, 7) is 1.88. The summed E-state index contributed by atoms with van der Waals surface area (Å²) in [6, 6.07) is 18.7. The third-order valence-corrected chi connectivity index (χ3v) is 4.85. The first-order chi connectivity index (χ1) is 12.4. The van der Waals surface area contributed by atoms with Crippen molar-refractivity contribution in [1.29, 1.82) is 0 Å². The van der Waals surface area contributed by atoms with Crippen LogP contribution in [0.2, 0.25) is 0 Å². The molecule has 0 bridgehead atoms. The Morgan fingerprint density at radius 1 is 0.885 bits per heavy atom. The summed E-state index contributed by atoms with van der Waals surface area (Å²) in [6.07, 6.45) is 1.60. The van der Waals surface area contributed by atoms with Crippen molar-refractivity contribution in [1.82, 2.24) is 0 Å². The highest BCUT2D eigenvalue weighted by Crippen LogP contribution is 2.20. The van der Waals surface area contributed by atoms with Gasteiger partial charge in [-0.15, -0.1) is 0 Å². The molecule has 0 saturated carbocycles. The van der Waals surface area contributed by atoms with Crippen molar-refractivity contribution in [2.75, 3.05) is 0 Å². The Balaban J connectivity index is 1.71. The van der Waals surface area contributed by atoms with E-state index < -0.39 is 10.1 Å². The second-order valence-electron chi connectivity index (χ2n) is 5.65. The first-order valence-corrected chi connectivity index (χ1v) is 9.24. The zero-order chi connectivity index (χ0) is 18.6. The fourth-order valence-corrected chi connectivity index (χ4v) is 3.10. The van der Waals surface area contributed by atoms with Crippen molar-refractivity contribution in [3.63, 3.8) is 0 Å². The zero-order valence-electron chi connectivity index (χ0n) is 14.0. The molecule has 132 valence electrons. The summed E-state index contributed by atoms with van der Waals surface area (Å²) in [5.74, 6) is -0.107. The fraction of sp³-hybridized carbons (Fsp3) is 0.0500. The monoisotopic (exact) mass is 369 g/mol. The quantitative estimate of drug-likeness (QED) is 0.486. The topological polar surface area (TPSA) is 55.7 Å². The van der Waals surface area contributed by atoms with E-state index in [9.17, 15) is 12.8 Å². The minimum atomic E-state index is -3.87. The molecular formula is C20H16FNO3S. The molecule has 0 radical (unpaired) electrons. The third-order valence-electron chi connectivity index (χ3n) is 3.59. The molecule has 0 heterocycles. The summed E-state index contributed by atoms with van der Waals surface area (Å²) in [4.78, 5) is 4.33. The Labute approximate surface area is 151 Å². The van der Waals surface area contributed by atoms with E-state index >= 15 is 0 Å². The summed E-state index contributed by atoms with van der Waals surface area (Å²) in [5, 5.41) is 0. The first-order valence-electron chi connectivity index (χ1n) is 7.83. The fourth-order valence-electron chi connectivity index (χ4n) is 2.17. The average Bonchev–Trinajstić information content (AvgIpc) is 2.62. The van der Waals surface area contributed by atoms with Crippen LogP contribution in [-0.2, 0) is 10.1 Å². The van der Waals surface area contributed by atoms with Gasteiger partial charge in [-0.1, -0.05) is 17.7 Å². The second-order valence-corrected chi connectivity index (χ2v) is 7.20. The lowest BCUT2D eigenvalue weighted by molar-refractivity contribution is 0.486. The van der Waals surface area contributed by atoms with Crippen molar-refractivity contribution in [3.8, 4) is 5.75 Å². The van der Waals surface area contributed by atoms with Gasteiger partial charge < -0.3 is 4.18 Å². The molecule has 0 aliphatic heterocycles. The number of hydrogen-bond donors (Lipinski definition) is 0. The van der Waals surface area contributed by atoms with E-state index in [1.54, 1.807) is 54.7 Å². The van der Waals surface area contributed by atoms with Gasteiger partial charge in [-0.2, -0.15) is 8.42 Å². The van der Waals surface area contributed by atoms with Gasteiger partial charge >= 0.3 is 10.1 Å². The van der Waals surface area contributed by atoms with Gasteiger partial charge in [-0.05, 0) is 73.2 Å². The van der Waals surface area contributed by atoms with Gasteiger partial charge in [-0.25, -0.2) is 4.39 Å². The number of hydrogen-bond acceptors (Lipinski definition) is 4. The van der Waals surface area contributed by atoms with Gasteiger partial charge in [0, 0.05) is 6.21 Å². The molecule has 3 rings (SSSR count). The van der Waals surface area contributed by atoms with Crippen LogP contribution in [0.5, 0.6) is 5.75 Å². The Bertz CT molecular complexity index is 1010. The van der Waals surface area contributed by atoms with E-state index in [2.05, 4.69) is 4.99 Å². The van der Waals surface area contributed by atoms with Crippen molar-refractivity contribution < 1.29 is 17.0 Å². The van der Waals surface area contributed by atoms with E-state index in [0.29, 0.717) is 5.69 Å². The Kier molecular flexibility index (Phi) is 5.14. The molecular weight excluding hydrogens is 353 g/mol. The molecule has 0 fully saturated rings. The van der Waals surface area contributed by atoms with Crippen LogP contribution in [0.15, 0.2) is 82.7 Å². The minimum Gasteiger partial charge on any atom is -0.379 e. The summed E-state index contributed by atoms with van der Waals surface area (Å²) < 4.78 is 42.5. The number of aliphatic imine (C=N–C) groups is 1. The van der Waals surface area contributed by atoms with Crippen molar-refractivity contribution in [2.45, 2.75) is 11.8 Å². The van der Waals surface area contributed by atoms with E-state index in [1.165, 1.54) is 24.3 Å². The van der Waals surface area contributed by atoms with Gasteiger partial charge in [0.1, 0.15) is 16.5 Å². The highest BCUT2D eigenvalue weighted by atomic mass is 32.2. The van der Waals surface area contributed by atoms with E-state index in [-0.39, 0.29) is 16.5 Å². The number of nitrogens with zero attached hydrogens (tertiary/aromatic N) is 1. The predicted molar refractivity (Wildman–Crippen MR) is 99.1 cm³/mol. The molecule has 3 aromatic rings. The highest BCUT2D eigenvalue weighted by Gasteiger charge is 2.16.